The number of anilines is 1. The van der Waals surface area contributed by atoms with E-state index in [1.54, 1.807) is 24.3 Å². The second-order valence-corrected chi connectivity index (χ2v) is 5.88. The highest BCUT2D eigenvalue weighted by molar-refractivity contribution is 6.31. The number of hydrogen-bond donors (Lipinski definition) is 2. The molecule has 2 N–H and O–H groups in total. The molecule has 0 fully saturated rings. The van der Waals surface area contributed by atoms with Crippen LogP contribution in [0.2, 0.25) is 5.02 Å². The molecule has 4 nitrogen and oxygen atoms in total. The van der Waals surface area contributed by atoms with Gasteiger partial charge < -0.3 is 10.3 Å². The van der Waals surface area contributed by atoms with Gasteiger partial charge in [-0.3, -0.25) is 9.59 Å². The van der Waals surface area contributed by atoms with Crippen LogP contribution in [0.3, 0.4) is 0 Å². The Morgan fingerprint density at radius 3 is 2.61 bits per heavy atom. The summed E-state index contributed by atoms with van der Waals surface area (Å²) in [5, 5.41) is 4.17. The maximum Gasteiger partial charge on any atom is 0.252 e. The summed E-state index contributed by atoms with van der Waals surface area (Å²) in [5.74, 6) is -0.235. The van der Waals surface area contributed by atoms with Gasteiger partial charge in [0.15, 0.2) is 0 Å². The van der Waals surface area contributed by atoms with Crippen LogP contribution >= 0.6 is 11.6 Å². The highest BCUT2D eigenvalue weighted by Crippen LogP contribution is 2.17. The van der Waals surface area contributed by atoms with Gasteiger partial charge in [0.25, 0.3) is 5.56 Å². The maximum absolute atomic E-state index is 12.1. The molecule has 0 saturated carbocycles. The van der Waals surface area contributed by atoms with Crippen molar-refractivity contribution < 1.29 is 4.79 Å². The lowest BCUT2D eigenvalue weighted by atomic mass is 10.1. The van der Waals surface area contributed by atoms with Crippen molar-refractivity contribution in [3.8, 4) is 0 Å². The minimum atomic E-state index is -0.265. The fourth-order valence-corrected chi connectivity index (χ4v) is 2.55. The van der Waals surface area contributed by atoms with Gasteiger partial charge in [-0.2, -0.15) is 0 Å². The number of aromatic amines is 1. The number of benzene rings is 2. The molecule has 1 aromatic heterocycles. The Bertz CT molecular complexity index is 930. The van der Waals surface area contributed by atoms with Crippen molar-refractivity contribution in [2.75, 3.05) is 5.32 Å². The Balaban J connectivity index is 1.82. The smallest absolute Gasteiger partial charge is 0.252 e. The molecule has 0 atom stereocenters. The first-order chi connectivity index (χ1) is 11.0. The number of fused-ring (bicyclic) bond motifs is 1. The molecule has 116 valence electrons. The van der Waals surface area contributed by atoms with Gasteiger partial charge in [-0.1, -0.05) is 29.3 Å². The predicted molar refractivity (Wildman–Crippen MR) is 93.1 cm³/mol. The molecular formula is C18H15ClN2O2. The Labute approximate surface area is 138 Å². The van der Waals surface area contributed by atoms with E-state index >= 15 is 0 Å². The molecule has 0 saturated heterocycles. The third-order valence-electron chi connectivity index (χ3n) is 3.57. The number of amides is 1. The van der Waals surface area contributed by atoms with E-state index in [9.17, 15) is 9.59 Å². The summed E-state index contributed by atoms with van der Waals surface area (Å²) in [5.41, 5.74) is 2.66. The summed E-state index contributed by atoms with van der Waals surface area (Å²) >= 11 is 5.97. The van der Waals surface area contributed by atoms with E-state index in [4.69, 9.17) is 11.6 Å². The minimum absolute atomic E-state index is 0.00562. The lowest BCUT2D eigenvalue weighted by Crippen LogP contribution is -2.21. The first-order valence-electron chi connectivity index (χ1n) is 7.19. The van der Waals surface area contributed by atoms with E-state index in [0.29, 0.717) is 21.8 Å². The molecule has 2 aromatic carbocycles. The van der Waals surface area contributed by atoms with E-state index in [1.807, 2.05) is 31.2 Å². The largest absolute Gasteiger partial charge is 0.326 e. The molecular weight excluding hydrogens is 312 g/mol. The number of carbonyl (C=O) groups is 1. The van der Waals surface area contributed by atoms with Crippen LogP contribution < -0.4 is 10.9 Å². The van der Waals surface area contributed by atoms with Crippen molar-refractivity contribution in [2.24, 2.45) is 0 Å². The number of aromatic nitrogens is 1. The lowest BCUT2D eigenvalue weighted by molar-refractivity contribution is -0.115. The standard InChI is InChI=1S/C18H15ClN2O2/c1-11-2-5-15(6-3-11)20-17(22)10-13-8-12-9-14(19)4-7-16(12)21-18(13)23/h2-9H,10H2,1H3,(H,20,22)(H,21,23). The van der Waals surface area contributed by atoms with Crippen LogP contribution in [0.1, 0.15) is 11.1 Å². The highest BCUT2D eigenvalue weighted by atomic mass is 35.5. The molecule has 0 aliphatic carbocycles. The number of hydrogen-bond acceptors (Lipinski definition) is 2. The fourth-order valence-electron chi connectivity index (χ4n) is 2.37. The summed E-state index contributed by atoms with van der Waals surface area (Å²) in [4.78, 5) is 27.0. The lowest BCUT2D eigenvalue weighted by Gasteiger charge is -2.06. The monoisotopic (exact) mass is 326 g/mol. The van der Waals surface area contributed by atoms with Crippen LogP contribution in [0.25, 0.3) is 10.9 Å². The number of rotatable bonds is 3. The summed E-state index contributed by atoms with van der Waals surface area (Å²) in [7, 11) is 0. The molecule has 5 heteroatoms. The van der Waals surface area contributed by atoms with Crippen molar-refractivity contribution in [1.29, 1.82) is 0 Å². The van der Waals surface area contributed by atoms with Gasteiger partial charge in [-0.05, 0) is 48.7 Å². The van der Waals surface area contributed by atoms with Gasteiger partial charge in [0.05, 0.1) is 6.42 Å². The van der Waals surface area contributed by atoms with Crippen molar-refractivity contribution in [1.82, 2.24) is 4.98 Å². The van der Waals surface area contributed by atoms with E-state index in [1.165, 1.54) is 0 Å². The fraction of sp³-hybridized carbons (Fsp3) is 0.111. The van der Waals surface area contributed by atoms with E-state index in [2.05, 4.69) is 10.3 Å². The second-order valence-electron chi connectivity index (χ2n) is 5.45. The number of H-pyrrole nitrogens is 1. The number of halogens is 1. The van der Waals surface area contributed by atoms with Crippen molar-refractivity contribution >= 4 is 34.1 Å². The zero-order chi connectivity index (χ0) is 16.4. The number of nitrogens with one attached hydrogen (secondary N) is 2. The number of aryl methyl sites for hydroxylation is 1. The van der Waals surface area contributed by atoms with E-state index in [-0.39, 0.29) is 17.9 Å². The average molecular weight is 327 g/mol. The Hall–Kier alpha value is -2.59. The molecule has 1 amide bonds. The maximum atomic E-state index is 12.1. The molecule has 0 spiro atoms. The van der Waals surface area contributed by atoms with Crippen LogP contribution in [0.5, 0.6) is 0 Å². The molecule has 3 aromatic rings. The van der Waals surface area contributed by atoms with Gasteiger partial charge in [0.2, 0.25) is 5.91 Å². The third kappa shape index (κ3) is 3.60. The number of pyridine rings is 1. The number of carbonyl (C=O) groups excluding carboxylic acids is 1. The Kier molecular flexibility index (Phi) is 4.17. The van der Waals surface area contributed by atoms with E-state index < -0.39 is 0 Å². The van der Waals surface area contributed by atoms with E-state index in [0.717, 1.165) is 10.9 Å². The van der Waals surface area contributed by atoms with Gasteiger partial charge in [-0.15, -0.1) is 0 Å². The van der Waals surface area contributed by atoms with Crippen LogP contribution in [0.15, 0.2) is 53.3 Å². The highest BCUT2D eigenvalue weighted by Gasteiger charge is 2.09. The summed E-state index contributed by atoms with van der Waals surface area (Å²) < 4.78 is 0. The first kappa shape index (κ1) is 15.3. The van der Waals surface area contributed by atoms with Crippen LogP contribution in [0.4, 0.5) is 5.69 Å². The van der Waals surface area contributed by atoms with Crippen molar-refractivity contribution in [3.05, 3.63) is 75.0 Å². The Morgan fingerprint density at radius 2 is 1.87 bits per heavy atom. The molecule has 23 heavy (non-hydrogen) atoms. The minimum Gasteiger partial charge on any atom is -0.326 e. The average Bonchev–Trinajstić information content (AvgIpc) is 2.51. The van der Waals surface area contributed by atoms with Crippen LogP contribution in [0, 0.1) is 6.92 Å². The first-order valence-corrected chi connectivity index (χ1v) is 7.57. The predicted octanol–water partition coefficient (Wildman–Crippen LogP) is 3.67. The summed E-state index contributed by atoms with van der Waals surface area (Å²) in [6.45, 7) is 1.98. The quantitative estimate of drug-likeness (QED) is 0.771. The summed E-state index contributed by atoms with van der Waals surface area (Å²) in [6.07, 6.45) is 0.00562. The van der Waals surface area contributed by atoms with Gasteiger partial charge in [0, 0.05) is 21.8 Å². The van der Waals surface area contributed by atoms with Gasteiger partial charge >= 0.3 is 0 Å². The molecule has 0 aliphatic rings. The zero-order valence-electron chi connectivity index (χ0n) is 12.5. The third-order valence-corrected chi connectivity index (χ3v) is 3.80. The SMILES string of the molecule is Cc1ccc(NC(=O)Cc2cc3cc(Cl)ccc3[nH]c2=O)cc1. The van der Waals surface area contributed by atoms with Crippen LogP contribution in [-0.4, -0.2) is 10.9 Å². The molecule has 0 bridgehead atoms. The molecule has 1 heterocycles. The Morgan fingerprint density at radius 1 is 1.13 bits per heavy atom. The molecule has 0 unspecified atom stereocenters. The second kappa shape index (κ2) is 6.26. The molecule has 0 aliphatic heterocycles. The van der Waals surface area contributed by atoms with Gasteiger partial charge in [0.1, 0.15) is 0 Å². The van der Waals surface area contributed by atoms with Crippen molar-refractivity contribution in [2.45, 2.75) is 13.3 Å². The molecule has 0 radical (unpaired) electrons. The van der Waals surface area contributed by atoms with Crippen molar-refractivity contribution in [3.63, 3.8) is 0 Å². The zero-order valence-corrected chi connectivity index (χ0v) is 13.3. The summed E-state index contributed by atoms with van der Waals surface area (Å²) in [6, 6.07) is 14.4. The van der Waals surface area contributed by atoms with Crippen LogP contribution in [-0.2, 0) is 11.2 Å². The topological polar surface area (TPSA) is 62.0 Å². The van der Waals surface area contributed by atoms with Gasteiger partial charge in [-0.25, -0.2) is 0 Å². The molecule has 3 rings (SSSR count). The normalized spacial score (nSPS) is 10.7.